The molecule has 2 heterocycles. The molecule has 0 saturated carbocycles. The minimum Gasteiger partial charge on any atom is -0.492 e. The number of carbonyl (C=O) groups excluding carboxylic acids is 2. The Morgan fingerprint density at radius 3 is 2.83 bits per heavy atom. The first kappa shape index (κ1) is 15.1. The van der Waals surface area contributed by atoms with Gasteiger partial charge in [-0.25, -0.2) is 0 Å². The molecule has 0 spiro atoms. The summed E-state index contributed by atoms with van der Waals surface area (Å²) in [6.07, 6.45) is 1.75. The van der Waals surface area contributed by atoms with Crippen LogP contribution in [0.3, 0.4) is 0 Å². The number of nitrogens with one attached hydrogen (secondary N) is 1. The molecule has 1 aromatic carbocycles. The summed E-state index contributed by atoms with van der Waals surface area (Å²) in [5, 5.41) is 2.81. The maximum Gasteiger partial charge on any atom is 0.287 e. The molecule has 2 amide bonds. The zero-order valence-corrected chi connectivity index (χ0v) is 12.6. The zero-order chi connectivity index (χ0) is 16.1. The molecule has 1 atom stereocenters. The lowest BCUT2D eigenvalue weighted by atomic mass is 10.2. The van der Waals surface area contributed by atoms with E-state index in [1.165, 1.54) is 6.26 Å². The van der Waals surface area contributed by atoms with Crippen molar-refractivity contribution in [1.29, 1.82) is 0 Å². The van der Waals surface area contributed by atoms with E-state index in [4.69, 9.17) is 9.15 Å². The zero-order valence-electron chi connectivity index (χ0n) is 12.6. The summed E-state index contributed by atoms with van der Waals surface area (Å²) < 4.78 is 10.6. The number of amides is 2. The SMILES string of the molecule is O=C(NC1CC(=O)N(CCOc2ccccc2)C1)c1ccco1. The van der Waals surface area contributed by atoms with E-state index in [0.29, 0.717) is 26.1 Å². The van der Waals surface area contributed by atoms with Crippen molar-refractivity contribution in [3.05, 3.63) is 54.5 Å². The van der Waals surface area contributed by atoms with Crippen molar-refractivity contribution in [1.82, 2.24) is 10.2 Å². The molecule has 1 saturated heterocycles. The second-order valence-corrected chi connectivity index (χ2v) is 5.35. The van der Waals surface area contributed by atoms with E-state index < -0.39 is 0 Å². The molecule has 0 radical (unpaired) electrons. The Bertz CT molecular complexity index is 654. The summed E-state index contributed by atoms with van der Waals surface area (Å²) in [7, 11) is 0. The summed E-state index contributed by atoms with van der Waals surface area (Å²) in [4.78, 5) is 25.6. The maximum atomic E-state index is 12.0. The number of carbonyl (C=O) groups is 2. The Morgan fingerprint density at radius 2 is 2.09 bits per heavy atom. The molecule has 6 heteroatoms. The van der Waals surface area contributed by atoms with E-state index in [2.05, 4.69) is 5.32 Å². The lowest BCUT2D eigenvalue weighted by Crippen LogP contribution is -2.37. The number of ether oxygens (including phenoxy) is 1. The molecule has 1 unspecified atom stereocenters. The molecular weight excluding hydrogens is 296 g/mol. The highest BCUT2D eigenvalue weighted by atomic mass is 16.5. The van der Waals surface area contributed by atoms with E-state index in [9.17, 15) is 9.59 Å². The number of nitrogens with zero attached hydrogens (tertiary/aromatic N) is 1. The topological polar surface area (TPSA) is 71.8 Å². The minimum atomic E-state index is -0.296. The van der Waals surface area contributed by atoms with E-state index >= 15 is 0 Å². The highest BCUT2D eigenvalue weighted by Crippen LogP contribution is 2.13. The summed E-state index contributed by atoms with van der Waals surface area (Å²) >= 11 is 0. The van der Waals surface area contributed by atoms with E-state index in [-0.39, 0.29) is 23.6 Å². The van der Waals surface area contributed by atoms with E-state index in [1.54, 1.807) is 17.0 Å². The van der Waals surface area contributed by atoms with Crippen LogP contribution < -0.4 is 10.1 Å². The number of hydrogen-bond donors (Lipinski definition) is 1. The lowest BCUT2D eigenvalue weighted by molar-refractivity contribution is -0.128. The van der Waals surface area contributed by atoms with Crippen molar-refractivity contribution < 1.29 is 18.7 Å². The van der Waals surface area contributed by atoms with Gasteiger partial charge in [-0.3, -0.25) is 9.59 Å². The predicted molar refractivity (Wildman–Crippen MR) is 83.1 cm³/mol. The smallest absolute Gasteiger partial charge is 0.287 e. The fraction of sp³-hybridized carbons (Fsp3) is 0.294. The van der Waals surface area contributed by atoms with Crippen molar-refractivity contribution in [3.8, 4) is 5.75 Å². The summed E-state index contributed by atoms with van der Waals surface area (Å²) in [5.41, 5.74) is 0. The molecule has 1 fully saturated rings. The second kappa shape index (κ2) is 7.00. The molecule has 23 heavy (non-hydrogen) atoms. The molecule has 0 bridgehead atoms. The highest BCUT2D eigenvalue weighted by molar-refractivity contribution is 5.92. The van der Waals surface area contributed by atoms with Gasteiger partial charge >= 0.3 is 0 Å². The first-order chi connectivity index (χ1) is 11.2. The van der Waals surface area contributed by atoms with Crippen LogP contribution in [0.1, 0.15) is 17.0 Å². The van der Waals surface area contributed by atoms with Crippen LogP contribution in [0.5, 0.6) is 5.75 Å². The van der Waals surface area contributed by atoms with Gasteiger partial charge in [0.1, 0.15) is 12.4 Å². The van der Waals surface area contributed by atoms with Gasteiger partial charge in [-0.15, -0.1) is 0 Å². The monoisotopic (exact) mass is 314 g/mol. The van der Waals surface area contributed by atoms with Gasteiger partial charge in [-0.1, -0.05) is 18.2 Å². The van der Waals surface area contributed by atoms with Crippen LogP contribution >= 0.6 is 0 Å². The Kier molecular flexibility index (Phi) is 4.61. The molecule has 1 aliphatic rings. The number of para-hydroxylation sites is 1. The summed E-state index contributed by atoms with van der Waals surface area (Å²) in [6, 6.07) is 12.5. The number of furan rings is 1. The third-order valence-corrected chi connectivity index (χ3v) is 3.67. The van der Waals surface area contributed by atoms with Crippen molar-refractivity contribution in [2.24, 2.45) is 0 Å². The Hall–Kier alpha value is -2.76. The number of rotatable bonds is 6. The van der Waals surface area contributed by atoms with Crippen LogP contribution in [0.15, 0.2) is 53.1 Å². The lowest BCUT2D eigenvalue weighted by Gasteiger charge is -2.17. The van der Waals surface area contributed by atoms with Crippen molar-refractivity contribution in [2.75, 3.05) is 19.7 Å². The third kappa shape index (κ3) is 3.91. The maximum absolute atomic E-state index is 12.0. The average Bonchev–Trinajstić information content (AvgIpc) is 3.19. The normalized spacial score (nSPS) is 17.3. The molecule has 3 rings (SSSR count). The van der Waals surface area contributed by atoms with Gasteiger partial charge in [0.05, 0.1) is 18.8 Å². The van der Waals surface area contributed by atoms with Crippen LogP contribution in [0, 0.1) is 0 Å². The molecule has 1 aromatic heterocycles. The number of benzene rings is 1. The van der Waals surface area contributed by atoms with E-state index in [0.717, 1.165) is 5.75 Å². The third-order valence-electron chi connectivity index (χ3n) is 3.67. The average molecular weight is 314 g/mol. The van der Waals surface area contributed by atoms with Crippen molar-refractivity contribution >= 4 is 11.8 Å². The van der Waals surface area contributed by atoms with Crippen LogP contribution in [0.25, 0.3) is 0 Å². The van der Waals surface area contributed by atoms with Crippen LogP contribution in [-0.4, -0.2) is 42.5 Å². The fourth-order valence-corrected chi connectivity index (χ4v) is 2.54. The molecule has 6 nitrogen and oxygen atoms in total. The number of hydrogen-bond acceptors (Lipinski definition) is 4. The number of likely N-dealkylation sites (tertiary alicyclic amines) is 1. The first-order valence-electron chi connectivity index (χ1n) is 7.52. The molecule has 0 aliphatic carbocycles. The molecular formula is C17H18N2O4. The first-order valence-corrected chi connectivity index (χ1v) is 7.52. The van der Waals surface area contributed by atoms with Crippen molar-refractivity contribution in [2.45, 2.75) is 12.5 Å². The Labute approximate surface area is 134 Å². The standard InChI is InChI=1S/C17H18N2O4/c20-16-11-13(18-17(21)15-7-4-9-23-15)12-19(16)8-10-22-14-5-2-1-3-6-14/h1-7,9,13H,8,10-12H2,(H,18,21). The van der Waals surface area contributed by atoms with Crippen molar-refractivity contribution in [3.63, 3.8) is 0 Å². The van der Waals surface area contributed by atoms with Crippen LogP contribution in [0.4, 0.5) is 0 Å². The van der Waals surface area contributed by atoms with Crippen LogP contribution in [0.2, 0.25) is 0 Å². The Morgan fingerprint density at radius 1 is 1.26 bits per heavy atom. The highest BCUT2D eigenvalue weighted by Gasteiger charge is 2.30. The van der Waals surface area contributed by atoms with Gasteiger partial charge in [0.15, 0.2) is 5.76 Å². The fourth-order valence-electron chi connectivity index (χ4n) is 2.54. The molecule has 1 aliphatic heterocycles. The molecule has 2 aromatic rings. The second-order valence-electron chi connectivity index (χ2n) is 5.35. The molecule has 1 N–H and O–H groups in total. The van der Waals surface area contributed by atoms with Gasteiger partial charge < -0.3 is 19.4 Å². The van der Waals surface area contributed by atoms with Gasteiger partial charge in [0.25, 0.3) is 5.91 Å². The van der Waals surface area contributed by atoms with Gasteiger partial charge in [-0.2, -0.15) is 0 Å². The summed E-state index contributed by atoms with van der Waals surface area (Å²) in [5.74, 6) is 0.756. The van der Waals surface area contributed by atoms with Crippen LogP contribution in [-0.2, 0) is 4.79 Å². The minimum absolute atomic E-state index is 0.0198. The van der Waals surface area contributed by atoms with Gasteiger partial charge in [-0.05, 0) is 24.3 Å². The molecule has 120 valence electrons. The predicted octanol–water partition coefficient (Wildman–Crippen LogP) is 1.69. The largest absolute Gasteiger partial charge is 0.492 e. The van der Waals surface area contributed by atoms with Gasteiger partial charge in [0.2, 0.25) is 5.91 Å². The van der Waals surface area contributed by atoms with E-state index in [1.807, 2.05) is 30.3 Å². The summed E-state index contributed by atoms with van der Waals surface area (Å²) in [6.45, 7) is 1.42. The van der Waals surface area contributed by atoms with Gasteiger partial charge in [0, 0.05) is 13.0 Å². The quantitative estimate of drug-likeness (QED) is 0.881. The Balaban J connectivity index is 1.45.